The summed E-state index contributed by atoms with van der Waals surface area (Å²) in [6.07, 6.45) is 15.5. The largest absolute Gasteiger partial charge is 0.493 e. The van der Waals surface area contributed by atoms with E-state index in [9.17, 15) is 9.59 Å². The fourth-order valence-electron chi connectivity index (χ4n) is 5.47. The summed E-state index contributed by atoms with van der Waals surface area (Å²) in [7, 11) is 0. The summed E-state index contributed by atoms with van der Waals surface area (Å²) in [5, 5.41) is 0. The van der Waals surface area contributed by atoms with Gasteiger partial charge in [0.1, 0.15) is 11.5 Å². The first-order valence-corrected chi connectivity index (χ1v) is 14.2. The van der Waals surface area contributed by atoms with Crippen molar-refractivity contribution in [3.63, 3.8) is 0 Å². The van der Waals surface area contributed by atoms with Gasteiger partial charge in [-0.1, -0.05) is 59.5 Å². The third kappa shape index (κ3) is 10.8. The molecular formula is C31H48O5. The van der Waals surface area contributed by atoms with E-state index >= 15 is 0 Å². The third-order valence-corrected chi connectivity index (χ3v) is 7.37. The van der Waals surface area contributed by atoms with Crippen molar-refractivity contribution in [1.82, 2.24) is 0 Å². The molecule has 2 aliphatic carbocycles. The topological polar surface area (TPSA) is 61.8 Å². The summed E-state index contributed by atoms with van der Waals surface area (Å²) in [5.41, 5.74) is 0. The van der Waals surface area contributed by atoms with Crippen LogP contribution in [0.25, 0.3) is 0 Å². The second-order valence-corrected chi connectivity index (χ2v) is 10.4. The van der Waals surface area contributed by atoms with Gasteiger partial charge in [0.05, 0.1) is 19.1 Å². The summed E-state index contributed by atoms with van der Waals surface area (Å²) in [6.45, 7) is 10.6. The van der Waals surface area contributed by atoms with Crippen LogP contribution in [0, 0.1) is 23.7 Å². The smallest absolute Gasteiger partial charge is 0.330 e. The van der Waals surface area contributed by atoms with Gasteiger partial charge in [-0.25, -0.2) is 4.79 Å². The van der Waals surface area contributed by atoms with Gasteiger partial charge in [0.25, 0.3) is 0 Å². The summed E-state index contributed by atoms with van der Waals surface area (Å²) in [5.74, 6) is 3.37. The SMILES string of the molecule is C=CC(=O)OCCCOc1ccc(OC(=O)C2CCC(C3CCC(CCC)CC3)CC2)cc1.CCC. The highest BCUT2D eigenvalue weighted by Gasteiger charge is 2.33. The molecule has 0 unspecified atom stereocenters. The quantitative estimate of drug-likeness (QED) is 0.134. The van der Waals surface area contributed by atoms with Crippen LogP contribution in [0.3, 0.4) is 0 Å². The maximum atomic E-state index is 12.7. The van der Waals surface area contributed by atoms with Crippen LogP contribution in [0.4, 0.5) is 0 Å². The van der Waals surface area contributed by atoms with E-state index in [1.54, 1.807) is 24.3 Å². The zero-order valence-electron chi connectivity index (χ0n) is 22.8. The molecule has 202 valence electrons. The van der Waals surface area contributed by atoms with Crippen molar-refractivity contribution >= 4 is 11.9 Å². The Kier molecular flexibility index (Phi) is 14.3. The number of rotatable bonds is 11. The molecule has 2 aliphatic rings. The first kappa shape index (κ1) is 29.9. The predicted molar refractivity (Wildman–Crippen MR) is 145 cm³/mol. The molecule has 2 saturated carbocycles. The van der Waals surface area contributed by atoms with Crippen LogP contribution in [0.5, 0.6) is 11.5 Å². The number of benzene rings is 1. The molecular weight excluding hydrogens is 452 g/mol. The molecule has 36 heavy (non-hydrogen) atoms. The Morgan fingerprint density at radius 3 is 1.97 bits per heavy atom. The molecule has 2 fully saturated rings. The Balaban J connectivity index is 0.00000145. The molecule has 0 aromatic heterocycles. The lowest BCUT2D eigenvalue weighted by molar-refractivity contribution is -0.140. The highest BCUT2D eigenvalue weighted by molar-refractivity contribution is 5.81. The second-order valence-electron chi connectivity index (χ2n) is 10.4. The number of ether oxygens (including phenoxy) is 3. The Hall–Kier alpha value is -2.30. The van der Waals surface area contributed by atoms with Crippen LogP contribution in [0.15, 0.2) is 36.9 Å². The van der Waals surface area contributed by atoms with Crippen molar-refractivity contribution in [3.8, 4) is 11.5 Å². The van der Waals surface area contributed by atoms with Gasteiger partial charge in [-0.3, -0.25) is 4.79 Å². The Bertz CT molecular complexity index is 756. The second kappa shape index (κ2) is 17.2. The zero-order chi connectivity index (χ0) is 26.2. The first-order valence-electron chi connectivity index (χ1n) is 14.2. The van der Waals surface area contributed by atoms with Crippen molar-refractivity contribution < 1.29 is 23.8 Å². The summed E-state index contributed by atoms with van der Waals surface area (Å²) in [4.78, 5) is 23.7. The Morgan fingerprint density at radius 1 is 0.861 bits per heavy atom. The molecule has 1 aromatic rings. The van der Waals surface area contributed by atoms with Crippen LogP contribution in [0.2, 0.25) is 0 Å². The number of carbonyl (C=O) groups excluding carboxylic acids is 2. The zero-order valence-corrected chi connectivity index (χ0v) is 22.8. The van der Waals surface area contributed by atoms with Gasteiger partial charge >= 0.3 is 11.9 Å². The molecule has 0 aliphatic heterocycles. The molecule has 0 bridgehead atoms. The van der Waals surface area contributed by atoms with Crippen molar-refractivity contribution in [2.75, 3.05) is 13.2 Å². The lowest BCUT2D eigenvalue weighted by atomic mass is 9.69. The van der Waals surface area contributed by atoms with Crippen LogP contribution in [-0.2, 0) is 14.3 Å². The van der Waals surface area contributed by atoms with E-state index in [1.165, 1.54) is 44.9 Å². The lowest BCUT2D eigenvalue weighted by Crippen LogP contribution is -2.30. The number of carbonyl (C=O) groups is 2. The fourth-order valence-corrected chi connectivity index (χ4v) is 5.47. The first-order chi connectivity index (χ1) is 17.5. The van der Waals surface area contributed by atoms with E-state index in [0.717, 1.165) is 49.5 Å². The minimum atomic E-state index is -0.427. The van der Waals surface area contributed by atoms with E-state index < -0.39 is 5.97 Å². The lowest BCUT2D eigenvalue weighted by Gasteiger charge is -2.37. The van der Waals surface area contributed by atoms with Crippen molar-refractivity contribution in [2.45, 2.75) is 97.8 Å². The van der Waals surface area contributed by atoms with Crippen molar-refractivity contribution in [1.29, 1.82) is 0 Å². The van der Waals surface area contributed by atoms with Gasteiger partial charge in [-0.15, -0.1) is 0 Å². The molecule has 5 heteroatoms. The number of hydrogen-bond acceptors (Lipinski definition) is 5. The fraction of sp³-hybridized carbons (Fsp3) is 0.677. The summed E-state index contributed by atoms with van der Waals surface area (Å²) < 4.78 is 16.2. The molecule has 0 heterocycles. The Morgan fingerprint density at radius 2 is 1.42 bits per heavy atom. The highest BCUT2D eigenvalue weighted by Crippen LogP contribution is 2.42. The van der Waals surface area contributed by atoms with E-state index in [-0.39, 0.29) is 11.9 Å². The minimum absolute atomic E-state index is 0.0203. The van der Waals surface area contributed by atoms with E-state index in [1.807, 2.05) is 0 Å². The maximum Gasteiger partial charge on any atom is 0.330 e. The Labute approximate surface area is 219 Å². The molecule has 0 amide bonds. The average Bonchev–Trinajstić information content (AvgIpc) is 2.90. The number of esters is 2. The van der Waals surface area contributed by atoms with Gasteiger partial charge in [0.15, 0.2) is 0 Å². The van der Waals surface area contributed by atoms with Crippen molar-refractivity contribution in [3.05, 3.63) is 36.9 Å². The average molecular weight is 501 g/mol. The predicted octanol–water partition coefficient (Wildman–Crippen LogP) is 7.92. The van der Waals surface area contributed by atoms with Crippen molar-refractivity contribution in [2.24, 2.45) is 23.7 Å². The summed E-state index contributed by atoms with van der Waals surface area (Å²) in [6, 6.07) is 7.13. The molecule has 0 saturated heterocycles. The molecule has 0 atom stereocenters. The molecule has 1 aromatic carbocycles. The summed E-state index contributed by atoms with van der Waals surface area (Å²) >= 11 is 0. The molecule has 0 spiro atoms. The minimum Gasteiger partial charge on any atom is -0.493 e. The monoisotopic (exact) mass is 500 g/mol. The van der Waals surface area contributed by atoms with Crippen LogP contribution in [-0.4, -0.2) is 25.2 Å². The standard InChI is InChI=1S/C28H40O5.C3H8/c1-3-6-21-7-9-22(10-8-21)23-11-13-24(14-12-23)28(30)33-26-17-15-25(16-18-26)31-19-5-20-32-27(29)4-2;1-3-2/h4,15-18,21-24H,2-3,5-14,19-20H2,1H3;3H2,1-2H3. The van der Waals surface area contributed by atoms with Crippen LogP contribution >= 0.6 is 0 Å². The van der Waals surface area contributed by atoms with Crippen LogP contribution < -0.4 is 9.47 Å². The maximum absolute atomic E-state index is 12.7. The van der Waals surface area contributed by atoms with Gasteiger partial charge in [-0.2, -0.15) is 0 Å². The normalized spacial score (nSPS) is 23.5. The van der Waals surface area contributed by atoms with Gasteiger partial charge in [0.2, 0.25) is 0 Å². The number of hydrogen-bond donors (Lipinski definition) is 0. The highest BCUT2D eigenvalue weighted by atomic mass is 16.5. The van der Waals surface area contributed by atoms with E-state index in [2.05, 4.69) is 27.4 Å². The van der Waals surface area contributed by atoms with Gasteiger partial charge in [-0.05, 0) is 80.5 Å². The molecule has 5 nitrogen and oxygen atoms in total. The van der Waals surface area contributed by atoms with Gasteiger partial charge < -0.3 is 14.2 Å². The van der Waals surface area contributed by atoms with E-state index in [4.69, 9.17) is 14.2 Å². The molecule has 3 rings (SSSR count). The van der Waals surface area contributed by atoms with E-state index in [0.29, 0.717) is 31.1 Å². The third-order valence-electron chi connectivity index (χ3n) is 7.37. The van der Waals surface area contributed by atoms with Gasteiger partial charge in [0, 0.05) is 12.5 Å². The molecule has 0 radical (unpaired) electrons. The molecule has 0 N–H and O–H groups in total. The van der Waals surface area contributed by atoms with Crippen LogP contribution in [0.1, 0.15) is 97.8 Å².